The Morgan fingerprint density at radius 3 is 2.85 bits per heavy atom. The van der Waals surface area contributed by atoms with Gasteiger partial charge in [0, 0.05) is 22.0 Å². The Hall–Kier alpha value is -2.34. The van der Waals surface area contributed by atoms with E-state index < -0.39 is 0 Å². The van der Waals surface area contributed by atoms with E-state index in [-0.39, 0.29) is 17.1 Å². The van der Waals surface area contributed by atoms with Crippen molar-refractivity contribution in [1.29, 1.82) is 5.26 Å². The molecule has 0 fully saturated rings. The Kier molecular flexibility index (Phi) is 7.36. The van der Waals surface area contributed by atoms with Crippen LogP contribution in [0, 0.1) is 22.7 Å². The van der Waals surface area contributed by atoms with Crippen LogP contribution in [-0.4, -0.2) is 26.4 Å². The van der Waals surface area contributed by atoms with E-state index in [9.17, 15) is 10.1 Å². The van der Waals surface area contributed by atoms with Crippen LogP contribution in [0.1, 0.15) is 50.1 Å². The number of fused-ring (bicyclic) bond motifs is 1. The van der Waals surface area contributed by atoms with Gasteiger partial charge in [0.15, 0.2) is 11.0 Å². The summed E-state index contributed by atoms with van der Waals surface area (Å²) in [6.07, 6.45) is 2.94. The van der Waals surface area contributed by atoms with Gasteiger partial charge < -0.3 is 9.88 Å². The zero-order valence-corrected chi connectivity index (χ0v) is 22.2. The summed E-state index contributed by atoms with van der Waals surface area (Å²) in [6.45, 7) is 9.50. The molecule has 6 nitrogen and oxygen atoms in total. The Labute approximate surface area is 213 Å². The molecule has 1 amide bonds. The Bertz CT molecular complexity index is 1250. The molecule has 0 bridgehead atoms. The fourth-order valence-electron chi connectivity index (χ4n) is 4.35. The highest BCUT2D eigenvalue weighted by molar-refractivity contribution is 7.99. The van der Waals surface area contributed by atoms with Crippen molar-refractivity contribution < 1.29 is 4.79 Å². The first-order valence-corrected chi connectivity index (χ1v) is 13.6. The van der Waals surface area contributed by atoms with Crippen LogP contribution in [-0.2, 0) is 24.2 Å². The predicted molar refractivity (Wildman–Crippen MR) is 139 cm³/mol. The number of hydrogen-bond donors (Lipinski definition) is 1. The number of anilines is 1. The molecular formula is C25H28ClN5OS2. The van der Waals surface area contributed by atoms with Crippen LogP contribution in [0.25, 0.3) is 11.4 Å². The van der Waals surface area contributed by atoms with Crippen molar-refractivity contribution in [1.82, 2.24) is 14.8 Å². The molecule has 0 saturated carbocycles. The second-order valence-electron chi connectivity index (χ2n) is 9.52. The lowest BCUT2D eigenvalue weighted by Crippen LogP contribution is -2.26. The molecule has 3 aromatic rings. The zero-order chi connectivity index (χ0) is 24.5. The van der Waals surface area contributed by atoms with Crippen molar-refractivity contribution in [2.75, 3.05) is 11.1 Å². The maximum absolute atomic E-state index is 12.8. The Morgan fingerprint density at radius 2 is 2.18 bits per heavy atom. The smallest absolute Gasteiger partial charge is 0.235 e. The molecule has 0 spiro atoms. The minimum atomic E-state index is -0.151. The molecule has 0 radical (unpaired) electrons. The highest BCUT2D eigenvalue weighted by Gasteiger charge is 2.32. The van der Waals surface area contributed by atoms with Gasteiger partial charge in [-0.2, -0.15) is 5.26 Å². The largest absolute Gasteiger partial charge is 0.316 e. The number of halogens is 1. The fourth-order valence-corrected chi connectivity index (χ4v) is 6.63. The van der Waals surface area contributed by atoms with Gasteiger partial charge in [0.05, 0.1) is 11.3 Å². The van der Waals surface area contributed by atoms with E-state index in [1.807, 2.05) is 35.8 Å². The first kappa shape index (κ1) is 24.8. The predicted octanol–water partition coefficient (Wildman–Crippen LogP) is 6.43. The van der Waals surface area contributed by atoms with Crippen LogP contribution >= 0.6 is 34.7 Å². The van der Waals surface area contributed by atoms with Crippen LogP contribution < -0.4 is 5.32 Å². The van der Waals surface area contributed by atoms with E-state index in [0.717, 1.165) is 36.2 Å². The van der Waals surface area contributed by atoms with Gasteiger partial charge in [-0.3, -0.25) is 4.79 Å². The number of thioether (sulfide) groups is 1. The van der Waals surface area contributed by atoms with Crippen LogP contribution in [0.2, 0.25) is 5.02 Å². The molecule has 9 heteroatoms. The highest BCUT2D eigenvalue weighted by Crippen LogP contribution is 2.44. The molecule has 0 saturated heterocycles. The van der Waals surface area contributed by atoms with E-state index in [1.165, 1.54) is 16.6 Å². The summed E-state index contributed by atoms with van der Waals surface area (Å²) in [7, 11) is 0. The number of hydrogen-bond acceptors (Lipinski definition) is 6. The van der Waals surface area contributed by atoms with Crippen molar-refractivity contribution in [3.63, 3.8) is 0 Å². The molecule has 2 heterocycles. The molecule has 1 aliphatic rings. The third-order valence-electron chi connectivity index (χ3n) is 6.30. The summed E-state index contributed by atoms with van der Waals surface area (Å²) in [5.74, 6) is 1.34. The first-order valence-electron chi connectivity index (χ1n) is 11.4. The van der Waals surface area contributed by atoms with Crippen LogP contribution in [0.3, 0.4) is 0 Å². The molecule has 2 aromatic heterocycles. The number of nitrogens with zero attached hydrogens (tertiary/aromatic N) is 4. The number of benzene rings is 1. The quantitative estimate of drug-likeness (QED) is 0.384. The summed E-state index contributed by atoms with van der Waals surface area (Å²) in [4.78, 5) is 14.0. The summed E-state index contributed by atoms with van der Waals surface area (Å²) < 4.78 is 1.97. The number of amides is 1. The number of aromatic nitrogens is 3. The molecule has 0 aliphatic heterocycles. The Morgan fingerprint density at radius 1 is 1.38 bits per heavy atom. The number of nitriles is 1. The summed E-state index contributed by atoms with van der Waals surface area (Å²) >= 11 is 9.03. The number of carbonyl (C=O) groups is 1. The number of rotatable bonds is 6. The average molecular weight is 514 g/mol. The van der Waals surface area contributed by atoms with Crippen molar-refractivity contribution >= 4 is 45.6 Å². The molecule has 1 atom stereocenters. The van der Waals surface area contributed by atoms with Gasteiger partial charge in [-0.25, -0.2) is 0 Å². The highest BCUT2D eigenvalue weighted by atomic mass is 35.5. The fraction of sp³-hybridized carbons (Fsp3) is 0.440. The Balaban J connectivity index is 1.46. The van der Waals surface area contributed by atoms with Gasteiger partial charge in [0.2, 0.25) is 5.91 Å². The van der Waals surface area contributed by atoms with E-state index in [4.69, 9.17) is 11.6 Å². The monoisotopic (exact) mass is 513 g/mol. The molecule has 1 N–H and O–H groups in total. The summed E-state index contributed by atoms with van der Waals surface area (Å²) in [5.41, 5.74) is 2.86. The molecular weight excluding hydrogens is 486 g/mol. The molecule has 4 rings (SSSR count). The van der Waals surface area contributed by atoms with Gasteiger partial charge in [-0.05, 0) is 55.2 Å². The van der Waals surface area contributed by atoms with Crippen LogP contribution in [0.15, 0.2) is 29.4 Å². The maximum atomic E-state index is 12.8. The van der Waals surface area contributed by atoms with Crippen molar-refractivity contribution in [3.8, 4) is 17.5 Å². The zero-order valence-electron chi connectivity index (χ0n) is 19.8. The number of nitrogens with one attached hydrogen (secondary N) is 1. The molecule has 34 heavy (non-hydrogen) atoms. The van der Waals surface area contributed by atoms with Crippen LogP contribution in [0.5, 0.6) is 0 Å². The SMILES string of the molecule is CCn1c(SCC(=O)Nc2sc3c(c2C#N)CC[C@H](C(C)(C)C)C3)nnc1-c1cccc(Cl)c1. The van der Waals surface area contributed by atoms with E-state index in [1.54, 1.807) is 11.3 Å². The molecule has 1 aliphatic carbocycles. The topological polar surface area (TPSA) is 83.6 Å². The van der Waals surface area contributed by atoms with Crippen molar-refractivity contribution in [3.05, 3.63) is 45.3 Å². The van der Waals surface area contributed by atoms with Crippen molar-refractivity contribution in [2.24, 2.45) is 11.3 Å². The van der Waals surface area contributed by atoms with E-state index in [2.05, 4.69) is 42.4 Å². The van der Waals surface area contributed by atoms with Gasteiger partial charge >= 0.3 is 0 Å². The normalized spacial score (nSPS) is 15.6. The number of carbonyl (C=O) groups excluding carboxylic acids is 1. The average Bonchev–Trinajstić information content (AvgIpc) is 3.36. The third kappa shape index (κ3) is 5.17. The lowest BCUT2D eigenvalue weighted by atomic mass is 9.72. The maximum Gasteiger partial charge on any atom is 0.235 e. The minimum absolute atomic E-state index is 0.151. The van der Waals surface area contributed by atoms with Gasteiger partial charge in [-0.15, -0.1) is 21.5 Å². The van der Waals surface area contributed by atoms with E-state index >= 15 is 0 Å². The second kappa shape index (κ2) is 10.1. The summed E-state index contributed by atoms with van der Waals surface area (Å²) in [6, 6.07) is 9.82. The minimum Gasteiger partial charge on any atom is -0.316 e. The van der Waals surface area contributed by atoms with Crippen LogP contribution in [0.4, 0.5) is 5.00 Å². The summed E-state index contributed by atoms with van der Waals surface area (Å²) in [5, 5.41) is 23.4. The molecule has 1 aromatic carbocycles. The molecule has 0 unspecified atom stereocenters. The lowest BCUT2D eigenvalue weighted by molar-refractivity contribution is -0.113. The van der Waals surface area contributed by atoms with Crippen molar-refractivity contribution in [2.45, 2.75) is 58.7 Å². The van der Waals surface area contributed by atoms with Gasteiger partial charge in [0.25, 0.3) is 0 Å². The third-order valence-corrected chi connectivity index (χ3v) is 8.67. The van der Waals surface area contributed by atoms with Gasteiger partial charge in [0.1, 0.15) is 11.1 Å². The van der Waals surface area contributed by atoms with Gasteiger partial charge in [-0.1, -0.05) is 56.3 Å². The van der Waals surface area contributed by atoms with E-state index in [0.29, 0.717) is 33.2 Å². The lowest BCUT2D eigenvalue weighted by Gasteiger charge is -2.33. The second-order valence-corrected chi connectivity index (χ2v) is 12.0. The number of thiophene rings is 1. The first-order chi connectivity index (χ1) is 16.2. The molecule has 178 valence electrons. The standard InChI is InChI=1S/C25H28ClN5OS2/c1-5-31-22(15-7-6-8-17(26)11-15)29-30-24(31)33-14-21(32)28-23-19(13-27)18-10-9-16(25(2,3)4)12-20(18)34-23/h6-8,11,16H,5,9-10,12,14H2,1-4H3,(H,28,32)/t16-/m0/s1.